The molecule has 0 spiro atoms. The van der Waals surface area contributed by atoms with Crippen LogP contribution in [0.25, 0.3) is 11.3 Å². The summed E-state index contributed by atoms with van der Waals surface area (Å²) in [5.74, 6) is 0.134. The Hall–Kier alpha value is -3.82. The summed E-state index contributed by atoms with van der Waals surface area (Å²) in [6.07, 6.45) is 0. The Morgan fingerprint density at radius 2 is 1.75 bits per heavy atom. The lowest BCUT2D eigenvalue weighted by molar-refractivity contribution is -0.384. The summed E-state index contributed by atoms with van der Waals surface area (Å²) >= 11 is 1.31. The molecule has 15 heteroatoms. The second-order valence-electron chi connectivity index (χ2n) is 6.88. The first kappa shape index (κ1) is 26.8. The highest BCUT2D eigenvalue weighted by Gasteiger charge is 2.17. The zero-order valence-corrected chi connectivity index (χ0v) is 22.1. The van der Waals surface area contributed by atoms with Crippen molar-refractivity contribution in [3.8, 4) is 23.1 Å². The van der Waals surface area contributed by atoms with Crippen molar-refractivity contribution < 1.29 is 22.8 Å². The number of nitro groups is 1. The van der Waals surface area contributed by atoms with Gasteiger partial charge in [0.05, 0.1) is 29.7 Å². The molecule has 0 aliphatic heterocycles. The summed E-state index contributed by atoms with van der Waals surface area (Å²) < 4.78 is 37.9. The average molecular weight is 595 g/mol. The van der Waals surface area contributed by atoms with E-state index in [1.807, 2.05) is 0 Å². The highest BCUT2D eigenvalue weighted by molar-refractivity contribution is 8.93. The summed E-state index contributed by atoms with van der Waals surface area (Å²) in [5.41, 5.74) is 1.79. The van der Waals surface area contributed by atoms with E-state index in [0.29, 0.717) is 22.1 Å². The number of aromatic nitrogens is 3. The average Bonchev–Trinajstić information content (AvgIpc) is 3.32. The molecular weight excluding hydrogens is 576 g/mol. The van der Waals surface area contributed by atoms with Gasteiger partial charge in [0.2, 0.25) is 5.88 Å². The molecule has 4 rings (SSSR count). The van der Waals surface area contributed by atoms with Crippen molar-refractivity contribution >= 4 is 60.7 Å². The molecule has 2 aromatic carbocycles. The first-order chi connectivity index (χ1) is 16.8. The second kappa shape index (κ2) is 11.3. The van der Waals surface area contributed by atoms with E-state index in [2.05, 4.69) is 25.0 Å². The van der Waals surface area contributed by atoms with Crippen molar-refractivity contribution in [1.29, 1.82) is 0 Å². The van der Waals surface area contributed by atoms with Crippen LogP contribution in [0.5, 0.6) is 11.9 Å². The Kier molecular flexibility index (Phi) is 8.39. The lowest BCUT2D eigenvalue weighted by Gasteiger charge is -2.10. The minimum Gasteiger partial charge on any atom is -0.481 e. The van der Waals surface area contributed by atoms with Crippen LogP contribution in [-0.2, 0) is 10.0 Å². The molecule has 2 N–H and O–H groups in total. The summed E-state index contributed by atoms with van der Waals surface area (Å²) in [4.78, 5) is 22.9. The number of halogens is 1. The largest absolute Gasteiger partial charge is 0.481 e. The zero-order valence-electron chi connectivity index (χ0n) is 18.7. The van der Waals surface area contributed by atoms with Gasteiger partial charge < -0.3 is 14.8 Å². The number of rotatable bonds is 9. The Bertz CT molecular complexity index is 1460. The highest BCUT2D eigenvalue weighted by atomic mass is 79.9. The molecule has 0 saturated heterocycles. The quantitative estimate of drug-likeness (QED) is 0.206. The van der Waals surface area contributed by atoms with Crippen LogP contribution >= 0.6 is 28.3 Å². The molecule has 0 unspecified atom stereocenters. The molecule has 2 aromatic heterocycles. The van der Waals surface area contributed by atoms with E-state index in [-0.39, 0.29) is 45.3 Å². The summed E-state index contributed by atoms with van der Waals surface area (Å²) in [6, 6.07) is 13.5. The van der Waals surface area contributed by atoms with Crippen molar-refractivity contribution in [1.82, 2.24) is 15.0 Å². The first-order valence-corrected chi connectivity index (χ1v) is 12.2. The normalized spacial score (nSPS) is 10.7. The lowest BCUT2D eigenvalue weighted by Crippen LogP contribution is -2.14. The van der Waals surface area contributed by atoms with E-state index in [0.717, 1.165) is 0 Å². The van der Waals surface area contributed by atoms with Gasteiger partial charge in [-0.15, -0.1) is 28.3 Å². The number of non-ortho nitro benzene ring substituents is 1. The number of hydrogen-bond acceptors (Lipinski definition) is 11. The molecule has 0 radical (unpaired) electrons. The van der Waals surface area contributed by atoms with Crippen LogP contribution in [0.2, 0.25) is 0 Å². The number of methoxy groups -OCH3 is 2. The fourth-order valence-electron chi connectivity index (χ4n) is 2.93. The maximum Gasteiger partial charge on any atom is 0.321 e. The number of hydrogen-bond donors (Lipinski definition) is 2. The number of anilines is 3. The molecule has 12 nitrogen and oxygen atoms in total. The first-order valence-electron chi connectivity index (χ1n) is 9.85. The van der Waals surface area contributed by atoms with Gasteiger partial charge in [-0.2, -0.15) is 9.97 Å². The number of benzene rings is 2. The number of nitrogens with one attached hydrogen (secondary N) is 2. The third-order valence-electron chi connectivity index (χ3n) is 4.59. The van der Waals surface area contributed by atoms with Crippen molar-refractivity contribution in [3.63, 3.8) is 0 Å². The van der Waals surface area contributed by atoms with Crippen LogP contribution in [0.15, 0.2) is 64.9 Å². The number of thiazole rings is 1. The molecule has 0 aliphatic rings. The van der Waals surface area contributed by atoms with Gasteiger partial charge in [0.25, 0.3) is 15.7 Å². The van der Waals surface area contributed by atoms with Crippen LogP contribution in [0.1, 0.15) is 0 Å². The van der Waals surface area contributed by atoms with Crippen molar-refractivity contribution in [3.05, 3.63) is 70.1 Å². The fraction of sp³-hybridized carbons (Fsp3) is 0.0952. The van der Waals surface area contributed by atoms with E-state index in [1.54, 1.807) is 29.6 Å². The number of sulfonamides is 1. The van der Waals surface area contributed by atoms with E-state index in [4.69, 9.17) is 9.47 Å². The van der Waals surface area contributed by atoms with Crippen molar-refractivity contribution in [2.75, 3.05) is 24.3 Å². The zero-order chi connectivity index (χ0) is 25.0. The Labute approximate surface area is 220 Å². The molecule has 0 fully saturated rings. The molecule has 36 heavy (non-hydrogen) atoms. The monoisotopic (exact) mass is 594 g/mol. The maximum atomic E-state index is 12.8. The predicted molar refractivity (Wildman–Crippen MR) is 140 cm³/mol. The van der Waals surface area contributed by atoms with Gasteiger partial charge >= 0.3 is 6.01 Å². The lowest BCUT2D eigenvalue weighted by atomic mass is 10.1. The summed E-state index contributed by atoms with van der Waals surface area (Å²) in [5, 5.41) is 16.4. The van der Waals surface area contributed by atoms with E-state index < -0.39 is 14.9 Å². The van der Waals surface area contributed by atoms with Gasteiger partial charge in [-0.1, -0.05) is 12.1 Å². The summed E-state index contributed by atoms with van der Waals surface area (Å²) in [7, 11) is -1.20. The minimum atomic E-state index is -3.94. The third-order valence-corrected chi connectivity index (χ3v) is 6.71. The highest BCUT2D eigenvalue weighted by Crippen LogP contribution is 2.29. The molecule has 0 aliphatic carbocycles. The predicted octanol–water partition coefficient (Wildman–Crippen LogP) is 4.65. The molecule has 0 atom stereocenters. The van der Waals surface area contributed by atoms with E-state index in [1.165, 1.54) is 55.9 Å². The van der Waals surface area contributed by atoms with Crippen LogP contribution < -0.4 is 19.5 Å². The van der Waals surface area contributed by atoms with Crippen LogP contribution in [0, 0.1) is 10.1 Å². The SMILES string of the molecule is Br.COc1cc(NS(=O)(=O)c2ccc(Nc3nc(-c4cccc([N+](=O)[O-])c4)cs3)cc2)nc(OC)n1. The number of nitrogens with zero attached hydrogens (tertiary/aromatic N) is 4. The van der Waals surface area contributed by atoms with Crippen molar-refractivity contribution in [2.45, 2.75) is 4.90 Å². The fourth-order valence-corrected chi connectivity index (χ4v) is 4.66. The molecule has 188 valence electrons. The molecule has 2 heterocycles. The second-order valence-corrected chi connectivity index (χ2v) is 9.42. The van der Waals surface area contributed by atoms with Gasteiger partial charge in [-0.25, -0.2) is 13.4 Å². The Morgan fingerprint density at radius 1 is 1.00 bits per heavy atom. The van der Waals surface area contributed by atoms with Gasteiger partial charge in [0.1, 0.15) is 0 Å². The van der Waals surface area contributed by atoms with Gasteiger partial charge in [-0.05, 0) is 24.3 Å². The van der Waals surface area contributed by atoms with Gasteiger partial charge in [0.15, 0.2) is 10.9 Å². The number of nitro benzene ring substituents is 1. The smallest absolute Gasteiger partial charge is 0.321 e. The topological polar surface area (TPSA) is 158 Å². The number of ether oxygens (including phenoxy) is 2. The molecule has 0 amide bonds. The molecule has 0 bridgehead atoms. The molecule has 0 saturated carbocycles. The van der Waals surface area contributed by atoms with E-state index >= 15 is 0 Å². The van der Waals surface area contributed by atoms with Crippen LogP contribution in [0.4, 0.5) is 22.3 Å². The Balaban J connectivity index is 0.00000361. The van der Waals surface area contributed by atoms with Crippen LogP contribution in [-0.4, -0.2) is 42.5 Å². The van der Waals surface area contributed by atoms with Crippen molar-refractivity contribution in [2.24, 2.45) is 0 Å². The molecular formula is C21H19BrN6O6S2. The minimum absolute atomic E-state index is 0. The van der Waals surface area contributed by atoms with E-state index in [9.17, 15) is 18.5 Å². The standard InChI is InChI=1S/C21H18N6O6S2.BrH/c1-32-19-11-18(24-20(25-19)33-2)26-35(30,31)16-8-6-14(7-9-16)22-21-23-17(12-34-21)13-4-3-5-15(10-13)27(28)29;/h3-12H,1-2H3,(H,22,23)(H,24,25,26);1H. The summed E-state index contributed by atoms with van der Waals surface area (Å²) in [6.45, 7) is 0. The van der Waals surface area contributed by atoms with Crippen LogP contribution in [0.3, 0.4) is 0 Å². The molecule has 4 aromatic rings. The third kappa shape index (κ3) is 6.24. The maximum absolute atomic E-state index is 12.8. The van der Waals surface area contributed by atoms with Gasteiger partial charge in [-0.3, -0.25) is 14.8 Å². The Morgan fingerprint density at radius 3 is 2.42 bits per heavy atom. The van der Waals surface area contributed by atoms with Gasteiger partial charge in [0, 0.05) is 34.8 Å².